The number of ether oxygens (including phenoxy) is 1. The number of fused-ring (bicyclic) bond motifs is 1. The minimum Gasteiger partial charge on any atom is -0.356 e. The van der Waals surface area contributed by atoms with Gasteiger partial charge in [0, 0.05) is 30.2 Å². The molecule has 0 amide bonds. The van der Waals surface area contributed by atoms with Gasteiger partial charge in [-0.05, 0) is 45.2 Å². The van der Waals surface area contributed by atoms with Crippen molar-refractivity contribution in [3.05, 3.63) is 42.1 Å². The maximum atomic E-state index is 8.24. The van der Waals surface area contributed by atoms with Crippen LogP contribution in [0.3, 0.4) is 0 Å². The van der Waals surface area contributed by atoms with Crippen LogP contribution in [-0.2, 0) is 4.74 Å². The quantitative estimate of drug-likeness (QED) is 0.603. The van der Waals surface area contributed by atoms with Crippen molar-refractivity contribution in [1.82, 2.24) is 34.6 Å². The molecule has 1 aliphatic rings. The number of aryl methyl sites for hydroxylation is 2. The summed E-state index contributed by atoms with van der Waals surface area (Å²) in [7, 11) is 0. The van der Waals surface area contributed by atoms with E-state index in [4.69, 9.17) is 6.11 Å². The van der Waals surface area contributed by atoms with Crippen LogP contribution in [-0.4, -0.2) is 41.2 Å². The molecule has 5 heterocycles. The van der Waals surface area contributed by atoms with Gasteiger partial charge in [-0.2, -0.15) is 15.3 Å². The fourth-order valence-corrected chi connectivity index (χ4v) is 3.80. The molecule has 8 nitrogen and oxygen atoms in total. The Morgan fingerprint density at radius 3 is 2.93 bits per heavy atom. The van der Waals surface area contributed by atoms with Crippen LogP contribution in [0.1, 0.15) is 38.2 Å². The van der Waals surface area contributed by atoms with Crippen molar-refractivity contribution in [2.45, 2.75) is 39.3 Å². The molecule has 8 heteroatoms. The maximum absolute atomic E-state index is 8.24. The predicted octanol–water partition coefficient (Wildman–Crippen LogP) is 3.30. The molecule has 1 fully saturated rings. The molecule has 1 aliphatic heterocycles. The molecule has 4 aromatic heterocycles. The van der Waals surface area contributed by atoms with E-state index in [9.17, 15) is 0 Å². The van der Waals surface area contributed by atoms with Gasteiger partial charge in [0.25, 0.3) is 0 Å². The lowest BCUT2D eigenvalue weighted by Crippen LogP contribution is -2.19. The average Bonchev–Trinajstić information content (AvgIpc) is 3.40. The predicted molar refractivity (Wildman–Crippen MR) is 100 cm³/mol. The molecule has 0 bridgehead atoms. The smallest absolute Gasteiger partial charge is 0.165 e. The Bertz CT molecular complexity index is 1130. The van der Waals surface area contributed by atoms with Gasteiger partial charge in [0.05, 0.1) is 30.2 Å². The summed E-state index contributed by atoms with van der Waals surface area (Å²) < 4.78 is 17.8. The third kappa shape index (κ3) is 2.56. The Morgan fingerprint density at radius 2 is 2.15 bits per heavy atom. The third-order valence-corrected chi connectivity index (χ3v) is 5.10. The second kappa shape index (κ2) is 6.31. The zero-order chi connectivity index (χ0) is 19.3. The first kappa shape index (κ1) is 15.1. The molecular formula is C19H21N7O. The van der Waals surface area contributed by atoms with E-state index in [1.54, 1.807) is 23.0 Å². The van der Waals surface area contributed by atoms with E-state index in [-0.39, 0.29) is 12.4 Å². The van der Waals surface area contributed by atoms with Crippen LogP contribution >= 0.6 is 0 Å². The first-order valence-electron chi connectivity index (χ1n) is 9.66. The topological polar surface area (TPSA) is 85.9 Å². The van der Waals surface area contributed by atoms with Gasteiger partial charge in [-0.3, -0.25) is 5.10 Å². The Morgan fingerprint density at radius 1 is 1.22 bits per heavy atom. The van der Waals surface area contributed by atoms with Crippen molar-refractivity contribution in [2.24, 2.45) is 0 Å². The van der Waals surface area contributed by atoms with Crippen LogP contribution < -0.4 is 0 Å². The zero-order valence-corrected chi connectivity index (χ0v) is 15.3. The molecule has 0 spiro atoms. The second-order valence-corrected chi connectivity index (χ2v) is 6.86. The summed E-state index contributed by atoms with van der Waals surface area (Å²) in [6.45, 7) is 4.65. The van der Waals surface area contributed by atoms with Gasteiger partial charge >= 0.3 is 0 Å². The number of nitrogens with one attached hydrogen (secondary N) is 1. The first-order valence-corrected chi connectivity index (χ1v) is 9.16. The Balaban J connectivity index is 1.69. The number of H-pyrrole nitrogens is 1. The monoisotopic (exact) mass is 364 g/mol. The van der Waals surface area contributed by atoms with Crippen LogP contribution in [0.2, 0.25) is 0 Å². The van der Waals surface area contributed by atoms with E-state index in [1.165, 1.54) is 0 Å². The molecule has 27 heavy (non-hydrogen) atoms. The summed E-state index contributed by atoms with van der Waals surface area (Å²) in [6.07, 6.45) is 6.80. The van der Waals surface area contributed by atoms with Gasteiger partial charge in [0.1, 0.15) is 0 Å². The fraction of sp³-hybridized carbons (Fsp3) is 0.368. The summed E-state index contributed by atoms with van der Waals surface area (Å²) in [5.41, 5.74) is 5.89. The van der Waals surface area contributed by atoms with Crippen LogP contribution in [0, 0.1) is 13.8 Å². The molecule has 5 rings (SSSR count). The number of aromatic amines is 1. The lowest BCUT2D eigenvalue weighted by Gasteiger charge is -2.24. The Kier molecular flexibility index (Phi) is 3.53. The number of aromatic nitrogens is 7. The minimum atomic E-state index is -0.0780. The van der Waals surface area contributed by atoms with Gasteiger partial charge in [0.15, 0.2) is 11.9 Å². The molecule has 0 saturated carbocycles. The SMILES string of the molecule is [2H]c1cc(-c2c(C)n[nH]c2C)n2ncc(-c3ccnn3C3CCCCO3)c2n1. The van der Waals surface area contributed by atoms with Crippen LogP contribution in [0.15, 0.2) is 30.7 Å². The standard InChI is InChI=1S/C19H21N7O/c1-12-18(13(2)24-23-12)16-6-8-20-19-14(11-22-26(16)19)15-7-9-21-25(15)17-5-3-4-10-27-17/h6-9,11,17H,3-5,10H2,1-2H3,(H,23,24)/i8D. The molecule has 4 aromatic rings. The lowest BCUT2D eigenvalue weighted by atomic mass is 10.1. The zero-order valence-electron chi connectivity index (χ0n) is 16.3. The number of hydrogen-bond donors (Lipinski definition) is 1. The summed E-state index contributed by atoms with van der Waals surface area (Å²) in [5, 5.41) is 16.4. The first-order chi connectivity index (χ1) is 13.6. The fourth-order valence-electron chi connectivity index (χ4n) is 3.80. The molecule has 138 valence electrons. The highest BCUT2D eigenvalue weighted by Gasteiger charge is 2.22. The van der Waals surface area contributed by atoms with Gasteiger partial charge in [0.2, 0.25) is 0 Å². The Labute approximate surface area is 157 Å². The molecule has 0 radical (unpaired) electrons. The van der Waals surface area contributed by atoms with Crippen molar-refractivity contribution >= 4 is 5.65 Å². The summed E-state index contributed by atoms with van der Waals surface area (Å²) >= 11 is 0. The van der Waals surface area contributed by atoms with Crippen molar-refractivity contribution < 1.29 is 6.11 Å². The van der Waals surface area contributed by atoms with E-state index in [1.807, 2.05) is 24.6 Å². The van der Waals surface area contributed by atoms with Gasteiger partial charge in [-0.15, -0.1) is 0 Å². The Hall–Kier alpha value is -3.00. The van der Waals surface area contributed by atoms with Crippen LogP contribution in [0.4, 0.5) is 0 Å². The summed E-state index contributed by atoms with van der Waals surface area (Å²) in [4.78, 5) is 4.46. The third-order valence-electron chi connectivity index (χ3n) is 5.10. The highest BCUT2D eigenvalue weighted by atomic mass is 16.5. The maximum Gasteiger partial charge on any atom is 0.165 e. The minimum absolute atomic E-state index is 0.0780. The van der Waals surface area contributed by atoms with E-state index >= 15 is 0 Å². The van der Waals surface area contributed by atoms with E-state index in [0.717, 1.165) is 59.8 Å². The average molecular weight is 364 g/mol. The number of rotatable bonds is 3. The molecular weight excluding hydrogens is 342 g/mol. The van der Waals surface area contributed by atoms with E-state index in [2.05, 4.69) is 25.4 Å². The van der Waals surface area contributed by atoms with Crippen LogP contribution in [0.5, 0.6) is 0 Å². The highest BCUT2D eigenvalue weighted by molar-refractivity contribution is 5.77. The largest absolute Gasteiger partial charge is 0.356 e. The normalized spacial score (nSPS) is 18.1. The van der Waals surface area contributed by atoms with Crippen LogP contribution in [0.25, 0.3) is 28.2 Å². The highest BCUT2D eigenvalue weighted by Crippen LogP contribution is 2.32. The number of nitrogens with zero attached hydrogens (tertiary/aromatic N) is 6. The van der Waals surface area contributed by atoms with Crippen molar-refractivity contribution in [3.8, 4) is 22.5 Å². The van der Waals surface area contributed by atoms with E-state index < -0.39 is 0 Å². The molecule has 0 aliphatic carbocycles. The van der Waals surface area contributed by atoms with Crippen molar-refractivity contribution in [1.29, 1.82) is 0 Å². The van der Waals surface area contributed by atoms with Gasteiger partial charge in [-0.25, -0.2) is 14.2 Å². The van der Waals surface area contributed by atoms with Crippen molar-refractivity contribution in [2.75, 3.05) is 6.61 Å². The lowest BCUT2D eigenvalue weighted by molar-refractivity contribution is -0.0383. The summed E-state index contributed by atoms with van der Waals surface area (Å²) in [5.74, 6) is 0. The molecule has 1 unspecified atom stereocenters. The summed E-state index contributed by atoms with van der Waals surface area (Å²) in [6, 6.07) is 3.66. The van der Waals surface area contributed by atoms with Crippen molar-refractivity contribution in [3.63, 3.8) is 0 Å². The van der Waals surface area contributed by atoms with Gasteiger partial charge < -0.3 is 4.74 Å². The molecule has 1 N–H and O–H groups in total. The number of hydrogen-bond acceptors (Lipinski definition) is 5. The molecule has 0 aromatic carbocycles. The van der Waals surface area contributed by atoms with E-state index in [0.29, 0.717) is 5.65 Å². The molecule has 1 saturated heterocycles. The molecule has 1 atom stereocenters. The van der Waals surface area contributed by atoms with Gasteiger partial charge in [-0.1, -0.05) is 0 Å². The second-order valence-electron chi connectivity index (χ2n) is 6.86.